The van der Waals surface area contributed by atoms with Gasteiger partial charge in [0.15, 0.2) is 0 Å². The Morgan fingerprint density at radius 2 is 2.08 bits per heavy atom. The van der Waals surface area contributed by atoms with Crippen LogP contribution in [0.4, 0.5) is 0 Å². The minimum Gasteiger partial charge on any atom is -0.423 e. The van der Waals surface area contributed by atoms with Crippen molar-refractivity contribution in [2.24, 2.45) is 0 Å². The molecular formula is C8H8BClO2. The summed E-state index contributed by atoms with van der Waals surface area (Å²) in [6, 6.07) is 6.63. The van der Waals surface area contributed by atoms with Gasteiger partial charge in [-0.25, -0.2) is 0 Å². The van der Waals surface area contributed by atoms with Crippen LogP contribution in [0.2, 0.25) is 0 Å². The minimum atomic E-state index is -1.46. The predicted molar refractivity (Wildman–Crippen MR) is 51.2 cm³/mol. The van der Waals surface area contributed by atoms with Crippen LogP contribution in [0.15, 0.2) is 30.8 Å². The lowest BCUT2D eigenvalue weighted by molar-refractivity contribution is 0.426. The summed E-state index contributed by atoms with van der Waals surface area (Å²) in [7, 11) is -1.46. The molecule has 2 nitrogen and oxygen atoms in total. The predicted octanol–water partition coefficient (Wildman–Crippen LogP) is 0.576. The van der Waals surface area contributed by atoms with Gasteiger partial charge in [-0.05, 0) is 11.0 Å². The molecule has 0 aromatic heterocycles. The van der Waals surface area contributed by atoms with E-state index < -0.39 is 7.12 Å². The van der Waals surface area contributed by atoms with Crippen LogP contribution in [-0.2, 0) is 0 Å². The SMILES string of the molecule is C=C(Cl)c1cccc(B(O)O)c1. The maximum Gasteiger partial charge on any atom is 0.488 e. The van der Waals surface area contributed by atoms with Gasteiger partial charge in [-0.3, -0.25) is 0 Å². The molecule has 2 N–H and O–H groups in total. The van der Waals surface area contributed by atoms with E-state index in [4.69, 9.17) is 21.6 Å². The van der Waals surface area contributed by atoms with E-state index in [-0.39, 0.29) is 0 Å². The summed E-state index contributed by atoms with van der Waals surface area (Å²) < 4.78 is 0. The summed E-state index contributed by atoms with van der Waals surface area (Å²) in [4.78, 5) is 0. The van der Waals surface area contributed by atoms with E-state index >= 15 is 0 Å². The van der Waals surface area contributed by atoms with E-state index in [1.54, 1.807) is 24.3 Å². The van der Waals surface area contributed by atoms with E-state index in [0.717, 1.165) is 0 Å². The zero-order valence-electron chi connectivity index (χ0n) is 6.37. The second-order valence-corrected chi connectivity index (χ2v) is 2.86. The van der Waals surface area contributed by atoms with Gasteiger partial charge in [0.05, 0.1) is 0 Å². The molecule has 0 amide bonds. The maximum absolute atomic E-state index is 8.81. The fourth-order valence-corrected chi connectivity index (χ4v) is 0.986. The van der Waals surface area contributed by atoms with Gasteiger partial charge in [0, 0.05) is 5.03 Å². The van der Waals surface area contributed by atoms with Gasteiger partial charge in [0.25, 0.3) is 0 Å². The highest BCUT2D eigenvalue weighted by Gasteiger charge is 2.10. The Morgan fingerprint density at radius 1 is 1.42 bits per heavy atom. The maximum atomic E-state index is 8.81. The zero-order chi connectivity index (χ0) is 9.14. The van der Waals surface area contributed by atoms with Crippen LogP contribution >= 0.6 is 11.6 Å². The van der Waals surface area contributed by atoms with Crippen LogP contribution < -0.4 is 5.46 Å². The summed E-state index contributed by atoms with van der Waals surface area (Å²) in [6.07, 6.45) is 0. The molecular weight excluding hydrogens is 174 g/mol. The molecule has 0 saturated carbocycles. The molecule has 0 heterocycles. The number of hydrogen-bond acceptors (Lipinski definition) is 2. The van der Waals surface area contributed by atoms with Gasteiger partial charge in [-0.2, -0.15) is 0 Å². The molecule has 12 heavy (non-hydrogen) atoms. The van der Waals surface area contributed by atoms with Crippen LogP contribution in [-0.4, -0.2) is 17.2 Å². The second kappa shape index (κ2) is 3.76. The van der Waals surface area contributed by atoms with Crippen molar-refractivity contribution in [1.82, 2.24) is 0 Å². The van der Waals surface area contributed by atoms with E-state index in [1.165, 1.54) is 0 Å². The van der Waals surface area contributed by atoms with Crippen molar-refractivity contribution in [3.05, 3.63) is 36.4 Å². The van der Waals surface area contributed by atoms with E-state index in [0.29, 0.717) is 16.1 Å². The first kappa shape index (κ1) is 9.32. The Morgan fingerprint density at radius 3 is 2.58 bits per heavy atom. The van der Waals surface area contributed by atoms with Crippen molar-refractivity contribution in [2.75, 3.05) is 0 Å². The molecule has 1 aromatic carbocycles. The standard InChI is InChI=1S/C8H8BClO2/c1-6(10)7-3-2-4-8(5-7)9(11)12/h2-5,11-12H,1H2. The molecule has 0 aliphatic rings. The first-order chi connectivity index (χ1) is 5.61. The summed E-state index contributed by atoms with van der Waals surface area (Å²) in [6.45, 7) is 3.53. The van der Waals surface area contributed by atoms with Gasteiger partial charge in [0.2, 0.25) is 0 Å². The fourth-order valence-electron chi connectivity index (χ4n) is 0.868. The van der Waals surface area contributed by atoms with Gasteiger partial charge in [-0.1, -0.05) is 42.4 Å². The second-order valence-electron chi connectivity index (χ2n) is 2.40. The molecule has 0 aliphatic carbocycles. The van der Waals surface area contributed by atoms with Crippen molar-refractivity contribution in [3.8, 4) is 0 Å². The highest BCUT2D eigenvalue weighted by molar-refractivity contribution is 6.59. The molecule has 0 spiro atoms. The quantitative estimate of drug-likeness (QED) is 0.657. The van der Waals surface area contributed by atoms with Crippen LogP contribution in [0.1, 0.15) is 5.56 Å². The third kappa shape index (κ3) is 2.11. The Hall–Kier alpha value is -0.765. The molecule has 0 unspecified atom stereocenters. The first-order valence-corrected chi connectivity index (χ1v) is 3.80. The first-order valence-electron chi connectivity index (χ1n) is 3.42. The highest BCUT2D eigenvalue weighted by Crippen LogP contribution is 2.13. The molecule has 0 saturated heterocycles. The summed E-state index contributed by atoms with van der Waals surface area (Å²) >= 11 is 5.62. The van der Waals surface area contributed by atoms with Crippen molar-refractivity contribution >= 4 is 29.2 Å². The molecule has 4 heteroatoms. The normalized spacial score (nSPS) is 9.58. The molecule has 0 atom stereocenters. The van der Waals surface area contributed by atoms with Crippen molar-refractivity contribution in [1.29, 1.82) is 0 Å². The number of rotatable bonds is 2. The lowest BCUT2D eigenvalue weighted by Crippen LogP contribution is -2.29. The molecule has 0 aliphatic heterocycles. The van der Waals surface area contributed by atoms with Crippen molar-refractivity contribution < 1.29 is 10.0 Å². The zero-order valence-corrected chi connectivity index (χ0v) is 7.12. The lowest BCUT2D eigenvalue weighted by Gasteiger charge is -2.01. The third-order valence-corrected chi connectivity index (χ3v) is 1.72. The average Bonchev–Trinajstić information content (AvgIpc) is 2.04. The van der Waals surface area contributed by atoms with E-state index in [2.05, 4.69) is 6.58 Å². The lowest BCUT2D eigenvalue weighted by atomic mass is 9.80. The van der Waals surface area contributed by atoms with E-state index in [1.807, 2.05) is 0 Å². The molecule has 0 radical (unpaired) electrons. The van der Waals surface area contributed by atoms with E-state index in [9.17, 15) is 0 Å². The molecule has 1 aromatic rings. The van der Waals surface area contributed by atoms with Crippen molar-refractivity contribution in [3.63, 3.8) is 0 Å². The molecule has 0 fully saturated rings. The molecule has 62 valence electrons. The Balaban J connectivity index is 3.04. The highest BCUT2D eigenvalue weighted by atomic mass is 35.5. The monoisotopic (exact) mass is 182 g/mol. The average molecular weight is 182 g/mol. The van der Waals surface area contributed by atoms with Crippen LogP contribution in [0, 0.1) is 0 Å². The Kier molecular flexibility index (Phi) is 2.92. The topological polar surface area (TPSA) is 40.5 Å². The summed E-state index contributed by atoms with van der Waals surface area (Å²) in [5.41, 5.74) is 1.11. The number of hydrogen-bond donors (Lipinski definition) is 2. The number of benzene rings is 1. The summed E-state index contributed by atoms with van der Waals surface area (Å²) in [5, 5.41) is 18.0. The molecule has 1 rings (SSSR count). The third-order valence-electron chi connectivity index (χ3n) is 1.50. The van der Waals surface area contributed by atoms with Crippen LogP contribution in [0.25, 0.3) is 5.03 Å². The smallest absolute Gasteiger partial charge is 0.423 e. The fraction of sp³-hybridized carbons (Fsp3) is 0. The minimum absolute atomic E-state index is 0.387. The van der Waals surface area contributed by atoms with Gasteiger partial charge in [0.1, 0.15) is 0 Å². The van der Waals surface area contributed by atoms with Gasteiger partial charge in [-0.15, -0.1) is 0 Å². The number of halogens is 1. The Bertz CT molecular complexity index is 299. The largest absolute Gasteiger partial charge is 0.488 e. The van der Waals surface area contributed by atoms with Gasteiger partial charge >= 0.3 is 7.12 Å². The van der Waals surface area contributed by atoms with Crippen LogP contribution in [0.5, 0.6) is 0 Å². The van der Waals surface area contributed by atoms with Gasteiger partial charge < -0.3 is 10.0 Å². The van der Waals surface area contributed by atoms with Crippen molar-refractivity contribution in [2.45, 2.75) is 0 Å². The molecule has 0 bridgehead atoms. The van der Waals surface area contributed by atoms with Crippen LogP contribution in [0.3, 0.4) is 0 Å². The summed E-state index contributed by atoms with van der Waals surface area (Å²) in [5.74, 6) is 0. The Labute approximate surface area is 76.3 Å².